The Labute approximate surface area is 130 Å². The highest BCUT2D eigenvalue weighted by Gasteiger charge is 2.40. The first-order valence-corrected chi connectivity index (χ1v) is 8.16. The minimum Gasteiger partial charge on any atom is -0.464 e. The quantitative estimate of drug-likeness (QED) is 0.927. The van der Waals surface area contributed by atoms with Crippen LogP contribution in [0.15, 0.2) is 28.9 Å². The van der Waals surface area contributed by atoms with Crippen LogP contribution in [0.5, 0.6) is 0 Å². The molecular formula is C18H22N2O2. The molecule has 4 heterocycles. The van der Waals surface area contributed by atoms with E-state index < -0.39 is 0 Å². The van der Waals surface area contributed by atoms with Crippen molar-refractivity contribution in [2.45, 2.75) is 38.8 Å². The molecule has 1 aromatic carbocycles. The molecule has 2 aromatic rings. The number of nitrogens with one attached hydrogen (secondary N) is 1. The van der Waals surface area contributed by atoms with Gasteiger partial charge in [-0.2, -0.15) is 0 Å². The van der Waals surface area contributed by atoms with Crippen LogP contribution < -0.4 is 5.32 Å². The van der Waals surface area contributed by atoms with Gasteiger partial charge in [0.15, 0.2) is 0 Å². The van der Waals surface area contributed by atoms with Crippen molar-refractivity contribution in [3.63, 3.8) is 0 Å². The lowest BCUT2D eigenvalue weighted by molar-refractivity contribution is 0.0217. The molecule has 2 unspecified atom stereocenters. The number of fused-ring (bicyclic) bond motifs is 4. The molecule has 2 bridgehead atoms. The fourth-order valence-corrected chi connectivity index (χ4v) is 4.08. The van der Waals surface area contributed by atoms with E-state index in [4.69, 9.17) is 4.42 Å². The fraction of sp³-hybridized carbons (Fsp3) is 0.500. The molecule has 3 fully saturated rings. The number of carbonyl (C=O) groups is 1. The predicted octanol–water partition coefficient (Wildman–Crippen LogP) is 2.95. The van der Waals surface area contributed by atoms with Crippen LogP contribution in [-0.2, 0) is 0 Å². The van der Waals surface area contributed by atoms with Crippen molar-refractivity contribution in [3.8, 4) is 0 Å². The highest BCUT2D eigenvalue weighted by atomic mass is 16.3. The van der Waals surface area contributed by atoms with E-state index in [1.165, 1.54) is 25.9 Å². The molecule has 4 nitrogen and oxygen atoms in total. The molecule has 1 amide bonds. The monoisotopic (exact) mass is 298 g/mol. The molecule has 5 rings (SSSR count). The smallest absolute Gasteiger partial charge is 0.251 e. The second kappa shape index (κ2) is 5.13. The topological polar surface area (TPSA) is 45.5 Å². The minimum atomic E-state index is 0.0153. The number of benzene rings is 1. The van der Waals surface area contributed by atoms with Gasteiger partial charge < -0.3 is 9.73 Å². The number of furan rings is 1. The molecule has 0 saturated carbocycles. The maximum Gasteiger partial charge on any atom is 0.251 e. The SMILES string of the molecule is Cc1coc2cc(C(=O)NC3C4CCN(CC4)C3C)ccc12. The van der Waals surface area contributed by atoms with Crippen molar-refractivity contribution in [1.29, 1.82) is 0 Å². The minimum absolute atomic E-state index is 0.0153. The van der Waals surface area contributed by atoms with Gasteiger partial charge in [0.05, 0.1) is 6.26 Å². The molecule has 1 N–H and O–H groups in total. The molecule has 116 valence electrons. The molecule has 3 saturated heterocycles. The number of hydrogen-bond acceptors (Lipinski definition) is 3. The lowest BCUT2D eigenvalue weighted by Crippen LogP contribution is -2.62. The van der Waals surface area contributed by atoms with E-state index in [9.17, 15) is 4.79 Å². The second-order valence-electron chi connectivity index (χ2n) is 6.74. The van der Waals surface area contributed by atoms with Crippen LogP contribution in [0.4, 0.5) is 0 Å². The fourth-order valence-electron chi connectivity index (χ4n) is 4.08. The Hall–Kier alpha value is -1.81. The third kappa shape index (κ3) is 2.13. The number of hydrogen-bond donors (Lipinski definition) is 1. The number of aryl methyl sites for hydroxylation is 1. The molecule has 2 atom stereocenters. The van der Waals surface area contributed by atoms with Crippen molar-refractivity contribution in [2.24, 2.45) is 5.92 Å². The first-order chi connectivity index (χ1) is 10.6. The third-order valence-corrected chi connectivity index (χ3v) is 5.51. The van der Waals surface area contributed by atoms with Gasteiger partial charge >= 0.3 is 0 Å². The predicted molar refractivity (Wildman–Crippen MR) is 86.0 cm³/mol. The summed E-state index contributed by atoms with van der Waals surface area (Å²) >= 11 is 0. The maximum absolute atomic E-state index is 12.6. The van der Waals surface area contributed by atoms with Crippen LogP contribution in [0.1, 0.15) is 35.7 Å². The number of carbonyl (C=O) groups excluding carboxylic acids is 1. The van der Waals surface area contributed by atoms with E-state index >= 15 is 0 Å². The standard InChI is InChI=1S/C18H22N2O2/c1-11-10-22-16-9-14(3-4-15(11)16)18(21)19-17-12(2)20-7-5-13(17)6-8-20/h3-4,9-10,12-13,17H,5-8H2,1-2H3,(H,19,21). The Balaban J connectivity index is 1.55. The van der Waals surface area contributed by atoms with Gasteiger partial charge in [-0.3, -0.25) is 9.69 Å². The Kier molecular flexibility index (Phi) is 3.22. The van der Waals surface area contributed by atoms with E-state index in [0.717, 1.165) is 16.5 Å². The largest absolute Gasteiger partial charge is 0.464 e. The van der Waals surface area contributed by atoms with Crippen molar-refractivity contribution < 1.29 is 9.21 Å². The van der Waals surface area contributed by atoms with Gasteiger partial charge in [-0.25, -0.2) is 0 Å². The molecule has 4 heteroatoms. The zero-order valence-corrected chi connectivity index (χ0v) is 13.1. The van der Waals surface area contributed by atoms with Gasteiger partial charge in [0.1, 0.15) is 5.58 Å². The second-order valence-corrected chi connectivity index (χ2v) is 6.74. The van der Waals surface area contributed by atoms with Gasteiger partial charge in [-0.1, -0.05) is 6.07 Å². The molecule has 1 aromatic heterocycles. The molecule has 0 radical (unpaired) electrons. The van der Waals surface area contributed by atoms with E-state index in [2.05, 4.69) is 17.1 Å². The van der Waals surface area contributed by atoms with Crippen LogP contribution in [0.25, 0.3) is 11.0 Å². The highest BCUT2D eigenvalue weighted by Crippen LogP contribution is 2.32. The Morgan fingerprint density at radius 2 is 2.09 bits per heavy atom. The Morgan fingerprint density at radius 1 is 1.32 bits per heavy atom. The molecule has 3 aliphatic rings. The van der Waals surface area contributed by atoms with Crippen LogP contribution in [0, 0.1) is 12.8 Å². The first kappa shape index (κ1) is 13.8. The van der Waals surface area contributed by atoms with E-state index in [1.54, 1.807) is 6.26 Å². The highest BCUT2D eigenvalue weighted by molar-refractivity contribution is 5.98. The van der Waals surface area contributed by atoms with Gasteiger partial charge in [-0.05, 0) is 63.4 Å². The van der Waals surface area contributed by atoms with Crippen molar-refractivity contribution in [1.82, 2.24) is 10.2 Å². The van der Waals surface area contributed by atoms with E-state index in [-0.39, 0.29) is 11.9 Å². The summed E-state index contributed by atoms with van der Waals surface area (Å²) in [4.78, 5) is 15.1. The Bertz CT molecular complexity index is 711. The Morgan fingerprint density at radius 3 is 2.82 bits per heavy atom. The van der Waals surface area contributed by atoms with Crippen molar-refractivity contribution >= 4 is 16.9 Å². The normalized spacial score (nSPS) is 30.6. The van der Waals surface area contributed by atoms with Crippen molar-refractivity contribution in [3.05, 3.63) is 35.6 Å². The number of piperidine rings is 3. The summed E-state index contributed by atoms with van der Waals surface area (Å²) < 4.78 is 5.51. The van der Waals surface area contributed by atoms with Gasteiger partial charge in [-0.15, -0.1) is 0 Å². The number of rotatable bonds is 2. The third-order valence-electron chi connectivity index (χ3n) is 5.51. The van der Waals surface area contributed by atoms with E-state index in [1.807, 2.05) is 25.1 Å². The van der Waals surface area contributed by atoms with Crippen molar-refractivity contribution in [2.75, 3.05) is 13.1 Å². The average Bonchev–Trinajstić information content (AvgIpc) is 2.92. The number of amides is 1. The molecule has 3 aliphatic heterocycles. The molecular weight excluding hydrogens is 276 g/mol. The van der Waals surface area contributed by atoms with Gasteiger partial charge in [0.2, 0.25) is 0 Å². The summed E-state index contributed by atoms with van der Waals surface area (Å²) in [6, 6.07) is 6.42. The lowest BCUT2D eigenvalue weighted by Gasteiger charge is -2.49. The summed E-state index contributed by atoms with van der Waals surface area (Å²) in [6.07, 6.45) is 4.14. The molecule has 0 spiro atoms. The zero-order chi connectivity index (χ0) is 15.3. The van der Waals surface area contributed by atoms with Gasteiger partial charge in [0.25, 0.3) is 5.91 Å². The zero-order valence-electron chi connectivity index (χ0n) is 13.1. The average molecular weight is 298 g/mol. The van der Waals surface area contributed by atoms with Crippen LogP contribution >= 0.6 is 0 Å². The summed E-state index contributed by atoms with van der Waals surface area (Å²) in [6.45, 7) is 6.60. The number of nitrogens with zero attached hydrogens (tertiary/aromatic N) is 1. The summed E-state index contributed by atoms with van der Waals surface area (Å²) in [5.41, 5.74) is 2.57. The maximum atomic E-state index is 12.6. The molecule has 0 aliphatic carbocycles. The van der Waals surface area contributed by atoms with Gasteiger partial charge in [0, 0.05) is 23.0 Å². The summed E-state index contributed by atoms with van der Waals surface area (Å²) in [7, 11) is 0. The summed E-state index contributed by atoms with van der Waals surface area (Å²) in [5, 5.41) is 4.34. The molecule has 22 heavy (non-hydrogen) atoms. The van der Waals surface area contributed by atoms with Crippen LogP contribution in [-0.4, -0.2) is 36.0 Å². The van der Waals surface area contributed by atoms with E-state index in [0.29, 0.717) is 17.5 Å². The first-order valence-electron chi connectivity index (χ1n) is 8.16. The lowest BCUT2D eigenvalue weighted by atomic mass is 9.79. The van der Waals surface area contributed by atoms with Crippen LogP contribution in [0.2, 0.25) is 0 Å². The van der Waals surface area contributed by atoms with Crippen LogP contribution in [0.3, 0.4) is 0 Å². The summed E-state index contributed by atoms with van der Waals surface area (Å²) in [5.74, 6) is 0.639.